The van der Waals surface area contributed by atoms with Crippen LogP contribution in [0.15, 0.2) is 24.3 Å². The summed E-state index contributed by atoms with van der Waals surface area (Å²) in [6, 6.07) is 8.12. The van der Waals surface area contributed by atoms with E-state index in [4.69, 9.17) is 0 Å². The van der Waals surface area contributed by atoms with Gasteiger partial charge >= 0.3 is 0 Å². The molecule has 1 fully saturated rings. The largest absolute Gasteiger partial charge is 0.344 e. The molecule has 1 amide bonds. The molecule has 1 aliphatic carbocycles. The summed E-state index contributed by atoms with van der Waals surface area (Å²) >= 11 is 0. The number of nitrogens with zero attached hydrogens (tertiary/aromatic N) is 1. The summed E-state index contributed by atoms with van der Waals surface area (Å²) in [7, 11) is -1.34. The van der Waals surface area contributed by atoms with Crippen LogP contribution in [0.1, 0.15) is 23.5 Å². The number of amides is 1. The van der Waals surface area contributed by atoms with Crippen LogP contribution in [0.4, 0.5) is 0 Å². The van der Waals surface area contributed by atoms with Crippen LogP contribution >= 0.6 is 0 Å². The van der Waals surface area contributed by atoms with Crippen LogP contribution in [-0.4, -0.2) is 44.8 Å². The lowest BCUT2D eigenvalue weighted by molar-refractivity contribution is -0.131. The molecule has 2 unspecified atom stereocenters. The highest BCUT2D eigenvalue weighted by molar-refractivity contribution is 7.90. The number of carbonyl (C=O) groups excluding carboxylic acids is 1. The maximum absolute atomic E-state index is 12.2. The van der Waals surface area contributed by atoms with E-state index >= 15 is 0 Å². The van der Waals surface area contributed by atoms with Gasteiger partial charge in [-0.25, -0.2) is 8.42 Å². The van der Waals surface area contributed by atoms with Crippen LogP contribution in [-0.2, 0) is 14.6 Å². The van der Waals surface area contributed by atoms with Crippen LogP contribution in [0.2, 0.25) is 0 Å². The first kappa shape index (κ1) is 15.0. The van der Waals surface area contributed by atoms with Crippen LogP contribution in [0, 0.1) is 12.8 Å². The number of sulfone groups is 1. The number of hydrogen-bond donors (Lipinski definition) is 0. The topological polar surface area (TPSA) is 54.5 Å². The van der Waals surface area contributed by atoms with Crippen LogP contribution in [0.5, 0.6) is 0 Å². The lowest BCUT2D eigenvalue weighted by Gasteiger charge is -2.16. The minimum Gasteiger partial charge on any atom is -0.344 e. The van der Waals surface area contributed by atoms with E-state index in [1.54, 1.807) is 11.9 Å². The number of benzene rings is 1. The Morgan fingerprint density at radius 1 is 1.35 bits per heavy atom. The average molecular weight is 295 g/mol. The van der Waals surface area contributed by atoms with E-state index in [-0.39, 0.29) is 24.1 Å². The number of hydrogen-bond acceptors (Lipinski definition) is 3. The minimum absolute atomic E-state index is 0.0145. The maximum atomic E-state index is 12.2. The standard InChI is InChI=1S/C15H21NO3S/c1-11-6-4-5-7-12(11)13-10-14(13)15(17)16(2)8-9-20(3,18)19/h4-7,13-14H,8-10H2,1-3H3. The zero-order valence-electron chi connectivity index (χ0n) is 12.2. The predicted molar refractivity (Wildman–Crippen MR) is 79.4 cm³/mol. The molecule has 5 heteroatoms. The third-order valence-electron chi connectivity index (χ3n) is 3.87. The van der Waals surface area contributed by atoms with Gasteiger partial charge in [0, 0.05) is 25.8 Å². The van der Waals surface area contributed by atoms with E-state index in [0.29, 0.717) is 5.92 Å². The van der Waals surface area contributed by atoms with E-state index in [1.165, 1.54) is 17.4 Å². The molecule has 1 saturated carbocycles. The molecule has 0 aromatic heterocycles. The van der Waals surface area contributed by atoms with Gasteiger partial charge in [-0.3, -0.25) is 4.79 Å². The van der Waals surface area contributed by atoms with Gasteiger partial charge in [-0.2, -0.15) is 0 Å². The van der Waals surface area contributed by atoms with Crippen molar-refractivity contribution < 1.29 is 13.2 Å². The van der Waals surface area contributed by atoms with Crippen molar-refractivity contribution in [1.82, 2.24) is 4.90 Å². The van der Waals surface area contributed by atoms with Gasteiger partial charge in [0.1, 0.15) is 9.84 Å². The van der Waals surface area contributed by atoms with Crippen molar-refractivity contribution in [3.8, 4) is 0 Å². The Morgan fingerprint density at radius 2 is 2.00 bits per heavy atom. The van der Waals surface area contributed by atoms with E-state index < -0.39 is 9.84 Å². The van der Waals surface area contributed by atoms with Gasteiger partial charge in [-0.05, 0) is 30.4 Å². The third-order valence-corrected chi connectivity index (χ3v) is 4.79. The smallest absolute Gasteiger partial charge is 0.226 e. The van der Waals surface area contributed by atoms with Crippen molar-refractivity contribution in [3.63, 3.8) is 0 Å². The summed E-state index contributed by atoms with van der Waals surface area (Å²) in [5.41, 5.74) is 2.45. The van der Waals surface area contributed by atoms with Gasteiger partial charge in [-0.15, -0.1) is 0 Å². The van der Waals surface area contributed by atoms with E-state index in [9.17, 15) is 13.2 Å². The quantitative estimate of drug-likeness (QED) is 0.829. The van der Waals surface area contributed by atoms with Crippen molar-refractivity contribution in [2.75, 3.05) is 25.6 Å². The molecule has 0 aliphatic heterocycles. The summed E-state index contributed by atoms with van der Waals surface area (Å²) in [4.78, 5) is 13.8. The molecular formula is C15H21NO3S. The average Bonchev–Trinajstić information content (AvgIpc) is 3.15. The second kappa shape index (κ2) is 5.56. The van der Waals surface area contributed by atoms with Crippen molar-refractivity contribution in [2.45, 2.75) is 19.3 Å². The highest BCUT2D eigenvalue weighted by atomic mass is 32.2. The summed E-state index contributed by atoms with van der Waals surface area (Å²) in [6.45, 7) is 2.33. The minimum atomic E-state index is -3.02. The zero-order valence-corrected chi connectivity index (χ0v) is 13.0. The SMILES string of the molecule is Cc1ccccc1C1CC1C(=O)N(C)CCS(C)(=O)=O. The lowest BCUT2D eigenvalue weighted by Crippen LogP contribution is -2.32. The number of rotatable bonds is 5. The number of carbonyl (C=O) groups is 1. The molecule has 0 heterocycles. The number of aryl methyl sites for hydroxylation is 1. The van der Waals surface area contributed by atoms with E-state index in [2.05, 4.69) is 19.1 Å². The Bertz CT molecular complexity index is 609. The van der Waals surface area contributed by atoms with Crippen LogP contribution < -0.4 is 0 Å². The van der Waals surface area contributed by atoms with Crippen molar-refractivity contribution in [2.24, 2.45) is 5.92 Å². The van der Waals surface area contributed by atoms with E-state index in [0.717, 1.165) is 6.42 Å². The fourth-order valence-electron chi connectivity index (χ4n) is 2.51. The first-order chi connectivity index (χ1) is 9.29. The Kier molecular flexibility index (Phi) is 4.18. The Balaban J connectivity index is 1.95. The van der Waals surface area contributed by atoms with Gasteiger partial charge in [0.25, 0.3) is 0 Å². The van der Waals surface area contributed by atoms with Gasteiger partial charge in [0.05, 0.1) is 5.75 Å². The maximum Gasteiger partial charge on any atom is 0.226 e. The summed E-state index contributed by atoms with van der Waals surface area (Å²) < 4.78 is 22.3. The third kappa shape index (κ3) is 3.60. The normalized spacial score (nSPS) is 21.6. The Labute approximate surface area is 120 Å². The van der Waals surface area contributed by atoms with Crippen LogP contribution in [0.3, 0.4) is 0 Å². The zero-order chi connectivity index (χ0) is 14.9. The van der Waals surface area contributed by atoms with Crippen molar-refractivity contribution in [1.29, 1.82) is 0 Å². The summed E-state index contributed by atoms with van der Waals surface area (Å²) in [6.07, 6.45) is 2.06. The molecule has 0 bridgehead atoms. The fourth-order valence-corrected chi connectivity index (χ4v) is 3.12. The lowest BCUT2D eigenvalue weighted by atomic mass is 10.0. The molecule has 4 nitrogen and oxygen atoms in total. The van der Waals surface area contributed by atoms with Crippen LogP contribution in [0.25, 0.3) is 0 Å². The molecule has 20 heavy (non-hydrogen) atoms. The van der Waals surface area contributed by atoms with Gasteiger partial charge in [-0.1, -0.05) is 24.3 Å². The first-order valence-electron chi connectivity index (χ1n) is 6.78. The molecule has 2 atom stereocenters. The molecular weight excluding hydrogens is 274 g/mol. The van der Waals surface area contributed by atoms with Gasteiger partial charge in [0.15, 0.2) is 0 Å². The Hall–Kier alpha value is -1.36. The summed E-state index contributed by atoms with van der Waals surface area (Å²) in [5.74, 6) is 0.392. The molecule has 1 aliphatic rings. The van der Waals surface area contributed by atoms with Crippen molar-refractivity contribution >= 4 is 15.7 Å². The summed E-state index contributed by atoms with van der Waals surface area (Å²) in [5, 5.41) is 0. The first-order valence-corrected chi connectivity index (χ1v) is 8.84. The van der Waals surface area contributed by atoms with E-state index in [1.807, 2.05) is 12.1 Å². The molecule has 0 spiro atoms. The molecule has 0 N–H and O–H groups in total. The molecule has 1 aromatic rings. The molecule has 0 saturated heterocycles. The van der Waals surface area contributed by atoms with Gasteiger partial charge < -0.3 is 4.90 Å². The second-order valence-corrected chi connectivity index (χ2v) is 7.95. The van der Waals surface area contributed by atoms with Crippen molar-refractivity contribution in [3.05, 3.63) is 35.4 Å². The predicted octanol–water partition coefficient (Wildman–Crippen LogP) is 1.60. The highest BCUT2D eigenvalue weighted by Gasteiger charge is 2.45. The van der Waals surface area contributed by atoms with Gasteiger partial charge in [0.2, 0.25) is 5.91 Å². The monoisotopic (exact) mass is 295 g/mol. The fraction of sp³-hybridized carbons (Fsp3) is 0.533. The highest BCUT2D eigenvalue weighted by Crippen LogP contribution is 2.49. The molecule has 2 rings (SSSR count). The molecule has 1 aromatic carbocycles. The molecule has 0 radical (unpaired) electrons. The Morgan fingerprint density at radius 3 is 2.60 bits per heavy atom. The molecule has 110 valence electrons. The second-order valence-electron chi connectivity index (χ2n) is 5.69.